The Hall–Kier alpha value is -1.71. The minimum Gasteiger partial charge on any atom is -0.425 e. The average molecular weight is 178 g/mol. The molecule has 0 spiro atoms. The van der Waals surface area contributed by atoms with E-state index in [1.54, 1.807) is 0 Å². The Bertz CT molecular complexity index is 313. The van der Waals surface area contributed by atoms with E-state index < -0.39 is 6.09 Å². The number of hydrogen-bond acceptors (Lipinski definition) is 3. The van der Waals surface area contributed by atoms with Crippen LogP contribution in [0.5, 0.6) is 0 Å². The lowest BCUT2D eigenvalue weighted by Gasteiger charge is -2.09. The minimum absolute atomic E-state index is 0.310. The lowest BCUT2D eigenvalue weighted by atomic mass is 10.2. The van der Waals surface area contributed by atoms with Crippen LogP contribution in [-0.2, 0) is 11.2 Å². The molecular weight excluding hydrogens is 168 g/mol. The van der Waals surface area contributed by atoms with Crippen LogP contribution in [0.3, 0.4) is 0 Å². The summed E-state index contributed by atoms with van der Waals surface area (Å²) < 4.78 is 4.82. The van der Waals surface area contributed by atoms with Crippen molar-refractivity contribution in [2.75, 3.05) is 5.32 Å². The zero-order chi connectivity index (χ0) is 9.26. The molecule has 1 aromatic carbocycles. The van der Waals surface area contributed by atoms with E-state index in [1.165, 1.54) is 0 Å². The second kappa shape index (κ2) is 2.97. The molecule has 1 heterocycles. The number of benzene rings is 1. The second-order valence-corrected chi connectivity index (χ2v) is 2.93. The molecule has 1 aliphatic heterocycles. The molecule has 0 fully saturated rings. The Labute approximate surface area is 75.7 Å². The molecular formula is C9H10N2O2. The summed E-state index contributed by atoms with van der Waals surface area (Å²) in [6.45, 7) is 0. The lowest BCUT2D eigenvalue weighted by Crippen LogP contribution is -2.27. The van der Waals surface area contributed by atoms with Crippen molar-refractivity contribution in [1.29, 1.82) is 0 Å². The predicted octanol–water partition coefficient (Wildman–Crippen LogP) is 1.08. The number of anilines is 1. The van der Waals surface area contributed by atoms with Gasteiger partial charge in [0.05, 0.1) is 0 Å². The first-order valence-electron chi connectivity index (χ1n) is 4.06. The smallest absolute Gasteiger partial charge is 0.406 e. The molecule has 68 valence electrons. The normalized spacial score (nSPS) is 18.9. The van der Waals surface area contributed by atoms with Crippen LogP contribution in [0.15, 0.2) is 24.3 Å². The lowest BCUT2D eigenvalue weighted by molar-refractivity contribution is 0.124. The summed E-state index contributed by atoms with van der Waals surface area (Å²) in [5, 5.41) is 3.04. The van der Waals surface area contributed by atoms with Crippen molar-refractivity contribution in [2.45, 2.75) is 12.6 Å². The number of primary amides is 1. The zero-order valence-electron chi connectivity index (χ0n) is 6.99. The first-order valence-corrected chi connectivity index (χ1v) is 4.06. The SMILES string of the molecule is NC(=O)OC1Cc2ccccc2N1. The summed E-state index contributed by atoms with van der Waals surface area (Å²) in [7, 11) is 0. The third-order valence-corrected chi connectivity index (χ3v) is 2.00. The number of carbonyl (C=O) groups is 1. The van der Waals surface area contributed by atoms with Gasteiger partial charge < -0.3 is 15.8 Å². The molecule has 1 amide bonds. The standard InChI is InChI=1S/C9H10N2O2/c10-9(12)13-8-5-6-3-1-2-4-7(6)11-8/h1-4,8,11H,5H2,(H2,10,12). The van der Waals surface area contributed by atoms with Gasteiger partial charge in [-0.3, -0.25) is 0 Å². The summed E-state index contributed by atoms with van der Waals surface area (Å²) in [5.41, 5.74) is 7.06. The zero-order valence-corrected chi connectivity index (χ0v) is 6.99. The number of amides is 1. The number of nitrogens with two attached hydrogens (primary N) is 1. The van der Waals surface area contributed by atoms with E-state index in [0.717, 1.165) is 11.3 Å². The summed E-state index contributed by atoms with van der Waals surface area (Å²) in [6.07, 6.45) is -0.376. The Balaban J connectivity index is 2.09. The van der Waals surface area contributed by atoms with Crippen LogP contribution in [0.4, 0.5) is 10.5 Å². The highest BCUT2D eigenvalue weighted by atomic mass is 16.6. The third-order valence-electron chi connectivity index (χ3n) is 2.00. The molecule has 1 unspecified atom stereocenters. The van der Waals surface area contributed by atoms with E-state index in [0.29, 0.717) is 6.42 Å². The van der Waals surface area contributed by atoms with Gasteiger partial charge in [0.2, 0.25) is 0 Å². The molecule has 4 heteroatoms. The Kier molecular flexibility index (Phi) is 1.81. The number of rotatable bonds is 1. The van der Waals surface area contributed by atoms with Crippen molar-refractivity contribution < 1.29 is 9.53 Å². The van der Waals surface area contributed by atoms with Crippen LogP contribution < -0.4 is 11.1 Å². The minimum atomic E-state index is -0.745. The van der Waals surface area contributed by atoms with Crippen molar-refractivity contribution in [1.82, 2.24) is 0 Å². The van der Waals surface area contributed by atoms with Crippen molar-refractivity contribution >= 4 is 11.8 Å². The number of ether oxygens (including phenoxy) is 1. The fourth-order valence-corrected chi connectivity index (χ4v) is 1.47. The van der Waals surface area contributed by atoms with Crippen molar-refractivity contribution in [3.8, 4) is 0 Å². The van der Waals surface area contributed by atoms with Gasteiger partial charge in [0.15, 0.2) is 6.23 Å². The number of fused-ring (bicyclic) bond motifs is 1. The molecule has 0 aliphatic carbocycles. The molecule has 0 bridgehead atoms. The van der Waals surface area contributed by atoms with Gasteiger partial charge in [-0.1, -0.05) is 18.2 Å². The molecule has 0 saturated heterocycles. The van der Waals surface area contributed by atoms with Gasteiger partial charge in [-0.05, 0) is 11.6 Å². The Morgan fingerprint density at radius 2 is 2.31 bits per heavy atom. The maximum Gasteiger partial charge on any atom is 0.406 e. The predicted molar refractivity (Wildman–Crippen MR) is 48.2 cm³/mol. The molecule has 3 N–H and O–H groups in total. The van der Waals surface area contributed by atoms with E-state index in [4.69, 9.17) is 10.5 Å². The Morgan fingerprint density at radius 3 is 3.00 bits per heavy atom. The second-order valence-electron chi connectivity index (χ2n) is 2.93. The van der Waals surface area contributed by atoms with Gasteiger partial charge in [-0.2, -0.15) is 0 Å². The topological polar surface area (TPSA) is 64.4 Å². The van der Waals surface area contributed by atoms with Crippen LogP contribution in [0.25, 0.3) is 0 Å². The highest BCUT2D eigenvalue weighted by Gasteiger charge is 2.21. The Morgan fingerprint density at radius 1 is 1.54 bits per heavy atom. The largest absolute Gasteiger partial charge is 0.425 e. The first-order chi connectivity index (χ1) is 6.25. The monoisotopic (exact) mass is 178 g/mol. The van der Waals surface area contributed by atoms with E-state index in [-0.39, 0.29) is 6.23 Å². The highest BCUT2D eigenvalue weighted by Crippen LogP contribution is 2.25. The summed E-state index contributed by atoms with van der Waals surface area (Å²) in [4.78, 5) is 10.5. The summed E-state index contributed by atoms with van der Waals surface area (Å²) in [6, 6.07) is 7.82. The molecule has 0 radical (unpaired) electrons. The van der Waals surface area contributed by atoms with Gasteiger partial charge >= 0.3 is 6.09 Å². The van der Waals surface area contributed by atoms with Gasteiger partial charge in [0.1, 0.15) is 0 Å². The van der Waals surface area contributed by atoms with E-state index in [2.05, 4.69) is 5.32 Å². The maximum absolute atomic E-state index is 10.5. The third kappa shape index (κ3) is 1.56. The fraction of sp³-hybridized carbons (Fsp3) is 0.222. The average Bonchev–Trinajstić information content (AvgIpc) is 2.44. The first kappa shape index (κ1) is 7.91. The van der Waals surface area contributed by atoms with E-state index in [1.807, 2.05) is 24.3 Å². The van der Waals surface area contributed by atoms with Crippen LogP contribution in [-0.4, -0.2) is 12.3 Å². The molecule has 1 aromatic rings. The van der Waals surface area contributed by atoms with Crippen molar-refractivity contribution in [3.05, 3.63) is 29.8 Å². The number of hydrogen-bond donors (Lipinski definition) is 2. The van der Waals surface area contributed by atoms with Crippen LogP contribution >= 0.6 is 0 Å². The molecule has 1 atom stereocenters. The molecule has 0 aromatic heterocycles. The molecule has 13 heavy (non-hydrogen) atoms. The summed E-state index contributed by atoms with van der Waals surface area (Å²) in [5.74, 6) is 0. The van der Waals surface area contributed by atoms with Gasteiger partial charge in [-0.25, -0.2) is 4.79 Å². The van der Waals surface area contributed by atoms with Gasteiger partial charge in [0, 0.05) is 12.1 Å². The van der Waals surface area contributed by atoms with Crippen LogP contribution in [0.1, 0.15) is 5.56 Å². The highest BCUT2D eigenvalue weighted by molar-refractivity contribution is 5.66. The molecule has 0 saturated carbocycles. The van der Waals surface area contributed by atoms with Crippen LogP contribution in [0.2, 0.25) is 0 Å². The van der Waals surface area contributed by atoms with Gasteiger partial charge in [0.25, 0.3) is 0 Å². The molecule has 2 rings (SSSR count). The quantitative estimate of drug-likeness (QED) is 0.676. The molecule has 1 aliphatic rings. The van der Waals surface area contributed by atoms with Crippen molar-refractivity contribution in [2.24, 2.45) is 5.73 Å². The number of carbonyl (C=O) groups excluding carboxylic acids is 1. The summed E-state index contributed by atoms with van der Waals surface area (Å²) >= 11 is 0. The van der Waals surface area contributed by atoms with Gasteiger partial charge in [-0.15, -0.1) is 0 Å². The van der Waals surface area contributed by atoms with E-state index >= 15 is 0 Å². The number of nitrogens with one attached hydrogen (secondary N) is 1. The number of para-hydroxylation sites is 1. The van der Waals surface area contributed by atoms with E-state index in [9.17, 15) is 4.79 Å². The maximum atomic E-state index is 10.5. The van der Waals surface area contributed by atoms with Crippen molar-refractivity contribution in [3.63, 3.8) is 0 Å². The van der Waals surface area contributed by atoms with Crippen LogP contribution in [0, 0.1) is 0 Å². The fourth-order valence-electron chi connectivity index (χ4n) is 1.47. The molecule has 4 nitrogen and oxygen atoms in total.